The maximum Gasteiger partial charge on any atom is 0.418 e. The van der Waals surface area contributed by atoms with Crippen LogP contribution in [0.2, 0.25) is 0 Å². The second kappa shape index (κ2) is 5.75. The van der Waals surface area contributed by atoms with Crippen molar-refractivity contribution in [3.05, 3.63) is 23.8 Å². The van der Waals surface area contributed by atoms with E-state index in [1.807, 2.05) is 0 Å². The number of hydrogen-bond donors (Lipinski definition) is 2. The number of amides is 1. The third kappa shape index (κ3) is 3.22. The lowest BCUT2D eigenvalue weighted by Crippen LogP contribution is -2.51. The number of nitrogen functional groups attached to an aromatic ring is 1. The van der Waals surface area contributed by atoms with Crippen molar-refractivity contribution in [2.24, 2.45) is 11.1 Å². The number of ether oxygens (including phenoxy) is 1. The molecule has 24 heavy (non-hydrogen) atoms. The molecule has 1 aromatic carbocycles. The summed E-state index contributed by atoms with van der Waals surface area (Å²) in [5.74, 6) is 0. The molecule has 1 aliphatic heterocycles. The van der Waals surface area contributed by atoms with Crippen molar-refractivity contribution in [1.29, 1.82) is 0 Å². The minimum absolute atomic E-state index is 0.0584. The highest BCUT2D eigenvalue weighted by molar-refractivity contribution is 5.65. The van der Waals surface area contributed by atoms with E-state index < -0.39 is 17.8 Å². The van der Waals surface area contributed by atoms with E-state index in [9.17, 15) is 18.0 Å². The van der Waals surface area contributed by atoms with Crippen LogP contribution in [-0.4, -0.2) is 25.3 Å². The molecule has 2 aliphatic rings. The van der Waals surface area contributed by atoms with Crippen molar-refractivity contribution in [3.8, 4) is 0 Å². The van der Waals surface area contributed by atoms with Gasteiger partial charge in [0.1, 0.15) is 6.10 Å². The Kier molecular flexibility index (Phi) is 4.01. The van der Waals surface area contributed by atoms with Gasteiger partial charge in [-0.3, -0.25) is 0 Å². The first kappa shape index (κ1) is 16.7. The number of carbonyl (C=O) groups excluding carboxylic acids is 1. The molecule has 4 N–H and O–H groups in total. The van der Waals surface area contributed by atoms with Crippen LogP contribution in [0.4, 0.5) is 29.3 Å². The fourth-order valence-electron chi connectivity index (χ4n) is 3.84. The van der Waals surface area contributed by atoms with Gasteiger partial charge in [-0.1, -0.05) is 0 Å². The molecular weight excluding hydrogens is 323 g/mol. The van der Waals surface area contributed by atoms with E-state index in [0.717, 1.165) is 31.7 Å². The molecule has 0 atom stereocenters. The van der Waals surface area contributed by atoms with Crippen LogP contribution in [0.5, 0.6) is 0 Å². The highest BCUT2D eigenvalue weighted by Gasteiger charge is 2.48. The number of anilines is 2. The van der Waals surface area contributed by atoms with Gasteiger partial charge < -0.3 is 21.1 Å². The first-order chi connectivity index (χ1) is 11.2. The second-order valence-electron chi connectivity index (χ2n) is 6.73. The largest absolute Gasteiger partial charge is 0.446 e. The molecule has 0 aromatic heterocycles. The Morgan fingerprint density at radius 3 is 2.42 bits per heavy atom. The van der Waals surface area contributed by atoms with Crippen LogP contribution in [0, 0.1) is 5.41 Å². The summed E-state index contributed by atoms with van der Waals surface area (Å²) in [6, 6.07) is 3.92. The number of nitrogens with zero attached hydrogens (tertiary/aromatic N) is 1. The van der Waals surface area contributed by atoms with Gasteiger partial charge in [-0.15, -0.1) is 0 Å². The van der Waals surface area contributed by atoms with Crippen molar-refractivity contribution in [2.45, 2.75) is 38.0 Å². The standard InChI is InChI=1S/C16H20F3N3O2/c17-16(18,19)12-7-10(20)1-2-13(12)22-5-3-15(4-6-22)8-11(9-15)24-14(21)23/h1-2,7,11H,3-6,8-9,20H2,(H2,21,23). The average Bonchev–Trinajstić information content (AvgIpc) is 2.45. The third-order valence-electron chi connectivity index (χ3n) is 5.09. The number of piperidine rings is 1. The highest BCUT2D eigenvalue weighted by Crippen LogP contribution is 2.51. The number of primary amides is 1. The number of benzene rings is 1. The van der Waals surface area contributed by atoms with Crippen LogP contribution in [0.25, 0.3) is 0 Å². The van der Waals surface area contributed by atoms with E-state index in [-0.39, 0.29) is 22.9 Å². The molecular formula is C16H20F3N3O2. The molecule has 1 spiro atoms. The lowest BCUT2D eigenvalue weighted by atomic mass is 9.61. The maximum atomic E-state index is 13.2. The number of carbonyl (C=O) groups is 1. The molecule has 132 valence electrons. The zero-order chi connectivity index (χ0) is 17.5. The highest BCUT2D eigenvalue weighted by atomic mass is 19.4. The molecule has 2 fully saturated rings. The predicted octanol–water partition coefficient (Wildman–Crippen LogP) is 3.13. The van der Waals surface area contributed by atoms with Crippen LogP contribution >= 0.6 is 0 Å². The molecule has 1 aliphatic carbocycles. The molecule has 0 unspecified atom stereocenters. The van der Waals surface area contributed by atoms with Gasteiger partial charge in [-0.25, -0.2) is 4.79 Å². The van der Waals surface area contributed by atoms with Gasteiger partial charge in [0.15, 0.2) is 0 Å². The van der Waals surface area contributed by atoms with Gasteiger partial charge in [0.25, 0.3) is 0 Å². The second-order valence-corrected chi connectivity index (χ2v) is 6.73. The van der Waals surface area contributed by atoms with E-state index in [0.29, 0.717) is 13.1 Å². The number of halogens is 3. The monoisotopic (exact) mass is 343 g/mol. The third-order valence-corrected chi connectivity index (χ3v) is 5.09. The average molecular weight is 343 g/mol. The molecule has 1 heterocycles. The van der Waals surface area contributed by atoms with Crippen LogP contribution in [-0.2, 0) is 10.9 Å². The molecule has 0 bridgehead atoms. The normalized spacial score (nSPS) is 20.7. The first-order valence-electron chi connectivity index (χ1n) is 7.86. The van der Waals surface area contributed by atoms with E-state index >= 15 is 0 Å². The molecule has 0 radical (unpaired) electrons. The van der Waals surface area contributed by atoms with Crippen molar-refractivity contribution in [3.63, 3.8) is 0 Å². The summed E-state index contributed by atoms with van der Waals surface area (Å²) >= 11 is 0. The molecule has 1 saturated heterocycles. The summed E-state index contributed by atoms with van der Waals surface area (Å²) in [4.78, 5) is 12.5. The first-order valence-corrected chi connectivity index (χ1v) is 7.86. The molecule has 1 aromatic rings. The van der Waals surface area contributed by atoms with Crippen molar-refractivity contribution in [2.75, 3.05) is 23.7 Å². The van der Waals surface area contributed by atoms with E-state index in [1.165, 1.54) is 12.1 Å². The number of alkyl halides is 3. The Morgan fingerprint density at radius 2 is 1.88 bits per heavy atom. The van der Waals surface area contributed by atoms with Crippen LogP contribution < -0.4 is 16.4 Å². The summed E-state index contributed by atoms with van der Waals surface area (Å²) in [7, 11) is 0. The summed E-state index contributed by atoms with van der Waals surface area (Å²) in [5, 5.41) is 0. The Labute approximate surface area is 137 Å². The van der Waals surface area contributed by atoms with Crippen molar-refractivity contribution in [1.82, 2.24) is 0 Å². The van der Waals surface area contributed by atoms with E-state index in [1.54, 1.807) is 4.90 Å². The summed E-state index contributed by atoms with van der Waals surface area (Å²) in [5.41, 5.74) is 10.2. The van der Waals surface area contributed by atoms with Gasteiger partial charge in [0, 0.05) is 24.5 Å². The molecule has 8 heteroatoms. The van der Waals surface area contributed by atoms with Gasteiger partial charge in [0.2, 0.25) is 0 Å². The molecule has 5 nitrogen and oxygen atoms in total. The minimum atomic E-state index is -4.43. The SMILES string of the molecule is NC(=O)OC1CC2(CCN(c3ccc(N)cc3C(F)(F)F)CC2)C1. The Bertz CT molecular complexity index is 632. The molecule has 1 saturated carbocycles. The summed E-state index contributed by atoms with van der Waals surface area (Å²) in [6.45, 7) is 1.08. The molecule has 3 rings (SSSR count). The summed E-state index contributed by atoms with van der Waals surface area (Å²) < 4.78 is 44.7. The van der Waals surface area contributed by atoms with Crippen molar-refractivity contribution >= 4 is 17.5 Å². The van der Waals surface area contributed by atoms with Crippen LogP contribution in [0.1, 0.15) is 31.2 Å². The van der Waals surface area contributed by atoms with Gasteiger partial charge in [-0.05, 0) is 49.3 Å². The topological polar surface area (TPSA) is 81.6 Å². The van der Waals surface area contributed by atoms with Crippen LogP contribution in [0.3, 0.4) is 0 Å². The fraction of sp³-hybridized carbons (Fsp3) is 0.562. The minimum Gasteiger partial charge on any atom is -0.446 e. The predicted molar refractivity (Wildman–Crippen MR) is 83.4 cm³/mol. The van der Waals surface area contributed by atoms with Crippen LogP contribution in [0.15, 0.2) is 18.2 Å². The number of rotatable bonds is 2. The smallest absolute Gasteiger partial charge is 0.418 e. The number of nitrogens with two attached hydrogens (primary N) is 2. The van der Waals surface area contributed by atoms with Gasteiger partial charge in [-0.2, -0.15) is 13.2 Å². The number of hydrogen-bond acceptors (Lipinski definition) is 4. The van der Waals surface area contributed by atoms with Gasteiger partial charge >= 0.3 is 12.3 Å². The Morgan fingerprint density at radius 1 is 1.25 bits per heavy atom. The maximum absolute atomic E-state index is 13.2. The Hall–Kier alpha value is -2.12. The zero-order valence-corrected chi connectivity index (χ0v) is 13.1. The lowest BCUT2D eigenvalue weighted by molar-refractivity contribution is -0.137. The summed E-state index contributed by atoms with van der Waals surface area (Å²) in [6.07, 6.45) is -2.35. The molecule has 1 amide bonds. The lowest BCUT2D eigenvalue weighted by Gasteiger charge is -2.51. The van der Waals surface area contributed by atoms with Crippen molar-refractivity contribution < 1.29 is 22.7 Å². The van der Waals surface area contributed by atoms with E-state index in [4.69, 9.17) is 16.2 Å². The Balaban J connectivity index is 1.67. The van der Waals surface area contributed by atoms with E-state index in [2.05, 4.69) is 0 Å². The fourth-order valence-corrected chi connectivity index (χ4v) is 3.84. The quantitative estimate of drug-likeness (QED) is 0.809. The zero-order valence-electron chi connectivity index (χ0n) is 13.1. The van der Waals surface area contributed by atoms with Gasteiger partial charge in [0.05, 0.1) is 5.56 Å².